The van der Waals surface area contributed by atoms with Crippen LogP contribution in [0.15, 0.2) is 329 Å². The Morgan fingerprint density at radius 1 is 0.306 bits per heavy atom. The van der Waals surface area contributed by atoms with Gasteiger partial charge in [0.15, 0.2) is 0 Å². The fourth-order valence-electron chi connectivity index (χ4n) is 16.1. The van der Waals surface area contributed by atoms with Crippen molar-refractivity contribution in [2.75, 3.05) is 9.80 Å². The maximum atomic E-state index is 4.10. The molecule has 0 radical (unpaired) electrons. The molecule has 0 N–H and O–H groups in total. The minimum absolute atomic E-state index is 0.0102. The summed E-state index contributed by atoms with van der Waals surface area (Å²) in [5, 5.41) is 4.76. The van der Waals surface area contributed by atoms with Gasteiger partial charge in [0, 0.05) is 33.5 Å². The van der Waals surface area contributed by atoms with Gasteiger partial charge in [-0.15, -0.1) is 0 Å². The standard InChI is InChI=1S/C96H80N2/c1-9-65-33-37-67(38-34-65)63-95(75-49-45-73(46-50-75)93(3,4)5)87-29-17-15-27-83(87)85-59-57-79(61-89(85)95)97(91-31-19-23-71-21-11-13-25-81(71)91)77-53-41-69(42-54-77)70-43-55-78(56-44-70)98(92-32-20-24-72-22-12-14-26-82(72)92)80-58-60-86-84-28-16-18-30-88(84)96(90(86)62-80,64-68-39-35-66(10-2)36-40-68)76-51-47-74(48-52-76)94(6,7)8/h9-62H,1-2,63-64H2,3-8H3. The van der Waals surface area contributed by atoms with Gasteiger partial charge in [-0.1, -0.05) is 322 Å². The molecule has 2 aliphatic rings. The predicted molar refractivity (Wildman–Crippen MR) is 418 cm³/mol. The lowest BCUT2D eigenvalue weighted by atomic mass is 9.68. The maximum Gasteiger partial charge on any atom is 0.0540 e. The number of benzene rings is 14. The minimum atomic E-state index is -0.494. The summed E-state index contributed by atoms with van der Waals surface area (Å²) in [4.78, 5) is 4.96. The molecule has 0 aliphatic heterocycles. The van der Waals surface area contributed by atoms with Crippen molar-refractivity contribution >= 4 is 67.8 Å². The molecule has 2 heteroatoms. The number of fused-ring (bicyclic) bond motifs is 8. The number of anilines is 6. The maximum absolute atomic E-state index is 4.10. The second kappa shape index (κ2) is 24.4. The van der Waals surface area contributed by atoms with E-state index in [1.165, 1.54) is 99.4 Å². The number of rotatable bonds is 15. The zero-order valence-corrected chi connectivity index (χ0v) is 56.9. The Balaban J connectivity index is 0.814. The van der Waals surface area contributed by atoms with Crippen molar-refractivity contribution in [2.45, 2.75) is 76.0 Å². The molecule has 474 valence electrons. The van der Waals surface area contributed by atoms with Gasteiger partial charge in [0.2, 0.25) is 0 Å². The Kier molecular flexibility index (Phi) is 15.3. The zero-order valence-electron chi connectivity index (χ0n) is 56.9. The lowest BCUT2D eigenvalue weighted by molar-refractivity contribution is 0.586. The van der Waals surface area contributed by atoms with Gasteiger partial charge < -0.3 is 9.80 Å². The first kappa shape index (κ1) is 61.5. The van der Waals surface area contributed by atoms with Crippen LogP contribution in [0.1, 0.15) is 108 Å². The summed E-state index contributed by atoms with van der Waals surface area (Å²) in [7, 11) is 0. The summed E-state index contributed by atoms with van der Waals surface area (Å²) in [5.74, 6) is 0. The zero-order chi connectivity index (χ0) is 66.9. The monoisotopic (exact) mass is 1260 g/mol. The highest BCUT2D eigenvalue weighted by Crippen LogP contribution is 2.58. The van der Waals surface area contributed by atoms with E-state index in [1.807, 2.05) is 12.2 Å². The molecular formula is C96H80N2. The third-order valence-electron chi connectivity index (χ3n) is 21.3. The SMILES string of the molecule is C=Cc1ccc(CC2(c3ccc(C(C)(C)C)cc3)c3ccccc3-c3ccc(N(c4ccc(-c5ccc(N(c6ccc7c(c6)C(Cc6ccc(C=C)cc6)(c6ccc(C(C)(C)C)cc6)c6ccccc6-7)c6cccc7ccccc67)cc5)cc4)c4cccc5ccccc45)cc32)cc1. The molecule has 14 aromatic carbocycles. The molecule has 0 amide bonds. The van der Waals surface area contributed by atoms with E-state index in [1.54, 1.807) is 0 Å². The van der Waals surface area contributed by atoms with Crippen LogP contribution in [-0.2, 0) is 34.5 Å². The molecule has 0 saturated heterocycles. The molecule has 14 aromatic rings. The van der Waals surface area contributed by atoms with Gasteiger partial charge in [-0.2, -0.15) is 0 Å². The first-order valence-corrected chi connectivity index (χ1v) is 34.6. The van der Waals surface area contributed by atoms with Crippen LogP contribution in [0.4, 0.5) is 34.1 Å². The lowest BCUT2D eigenvalue weighted by Crippen LogP contribution is -2.30. The summed E-state index contributed by atoms with van der Waals surface area (Å²) in [6, 6.07) is 119. The van der Waals surface area contributed by atoms with Gasteiger partial charge in [0.05, 0.1) is 22.2 Å². The lowest BCUT2D eigenvalue weighted by Gasteiger charge is -2.35. The summed E-state index contributed by atoms with van der Waals surface area (Å²) in [5.41, 5.74) is 28.3. The Morgan fingerprint density at radius 3 is 1.02 bits per heavy atom. The predicted octanol–water partition coefficient (Wildman–Crippen LogP) is 25.6. The molecule has 2 aliphatic carbocycles. The van der Waals surface area contributed by atoms with E-state index in [-0.39, 0.29) is 10.8 Å². The first-order valence-electron chi connectivity index (χ1n) is 34.6. The van der Waals surface area contributed by atoms with E-state index in [0.717, 1.165) is 69.2 Å². The second-order valence-electron chi connectivity index (χ2n) is 29.0. The van der Waals surface area contributed by atoms with Crippen molar-refractivity contribution in [1.82, 2.24) is 0 Å². The summed E-state index contributed by atoms with van der Waals surface area (Å²) in [6.07, 6.45) is 5.44. The van der Waals surface area contributed by atoms with Crippen molar-refractivity contribution in [2.24, 2.45) is 0 Å². The Hall–Kier alpha value is -11.3. The Morgan fingerprint density at radius 2 is 0.643 bits per heavy atom. The van der Waals surface area contributed by atoms with Gasteiger partial charge in [-0.25, -0.2) is 0 Å². The second-order valence-corrected chi connectivity index (χ2v) is 29.0. The van der Waals surface area contributed by atoms with E-state index in [0.29, 0.717) is 0 Å². The van der Waals surface area contributed by atoms with Gasteiger partial charge in [-0.05, 0) is 195 Å². The summed E-state index contributed by atoms with van der Waals surface area (Å²) in [6.45, 7) is 22.0. The first-order chi connectivity index (χ1) is 47.7. The molecule has 2 unspecified atom stereocenters. The highest BCUT2D eigenvalue weighted by molar-refractivity contribution is 6.02. The molecule has 0 fully saturated rings. The Labute approximate surface area is 578 Å². The molecular weight excluding hydrogens is 1180 g/mol. The van der Waals surface area contributed by atoms with Gasteiger partial charge >= 0.3 is 0 Å². The van der Waals surface area contributed by atoms with Crippen LogP contribution in [0, 0.1) is 0 Å². The quantitative estimate of drug-likeness (QED) is 0.101. The highest BCUT2D eigenvalue weighted by Gasteiger charge is 2.47. The molecule has 0 bridgehead atoms. The highest BCUT2D eigenvalue weighted by atomic mass is 15.1. The average molecular weight is 1260 g/mol. The van der Waals surface area contributed by atoms with Gasteiger partial charge in [0.25, 0.3) is 0 Å². The molecule has 0 spiro atoms. The number of nitrogens with zero attached hydrogens (tertiary/aromatic N) is 2. The molecule has 98 heavy (non-hydrogen) atoms. The largest absolute Gasteiger partial charge is 0.310 e. The van der Waals surface area contributed by atoms with Crippen molar-refractivity contribution in [3.05, 3.63) is 395 Å². The smallest absolute Gasteiger partial charge is 0.0540 e. The van der Waals surface area contributed by atoms with Crippen LogP contribution in [0.25, 0.3) is 67.1 Å². The Bertz CT molecular complexity index is 5000. The molecule has 2 atom stereocenters. The molecule has 0 aromatic heterocycles. The third-order valence-corrected chi connectivity index (χ3v) is 21.3. The average Bonchev–Trinajstić information content (AvgIpc) is 1.54. The van der Waals surface area contributed by atoms with Crippen molar-refractivity contribution in [3.63, 3.8) is 0 Å². The van der Waals surface area contributed by atoms with E-state index >= 15 is 0 Å². The topological polar surface area (TPSA) is 6.48 Å². The normalized spacial score (nSPS) is 15.3. The van der Waals surface area contributed by atoms with Crippen LogP contribution < -0.4 is 9.80 Å². The molecule has 0 saturated carbocycles. The van der Waals surface area contributed by atoms with Crippen LogP contribution >= 0.6 is 0 Å². The minimum Gasteiger partial charge on any atom is -0.310 e. The molecule has 16 rings (SSSR count). The van der Waals surface area contributed by atoms with E-state index in [4.69, 9.17) is 0 Å². The molecule has 2 nitrogen and oxygen atoms in total. The fourth-order valence-corrected chi connectivity index (χ4v) is 16.1. The van der Waals surface area contributed by atoms with Crippen LogP contribution in [0.5, 0.6) is 0 Å². The van der Waals surface area contributed by atoms with Crippen LogP contribution in [0.2, 0.25) is 0 Å². The molecule has 0 heterocycles. The number of hydrogen-bond acceptors (Lipinski definition) is 2. The van der Waals surface area contributed by atoms with Crippen molar-refractivity contribution in [1.29, 1.82) is 0 Å². The fraction of sp³-hybridized carbons (Fsp3) is 0.125. The van der Waals surface area contributed by atoms with Crippen molar-refractivity contribution < 1.29 is 0 Å². The van der Waals surface area contributed by atoms with Gasteiger partial charge in [-0.3, -0.25) is 0 Å². The van der Waals surface area contributed by atoms with E-state index < -0.39 is 10.8 Å². The summed E-state index contributed by atoms with van der Waals surface area (Å²) < 4.78 is 0. The van der Waals surface area contributed by atoms with Gasteiger partial charge in [0.1, 0.15) is 0 Å². The number of hydrogen-bond donors (Lipinski definition) is 0. The summed E-state index contributed by atoms with van der Waals surface area (Å²) >= 11 is 0. The third kappa shape index (κ3) is 10.6. The van der Waals surface area contributed by atoms with E-state index in [9.17, 15) is 0 Å². The van der Waals surface area contributed by atoms with Crippen LogP contribution in [0.3, 0.4) is 0 Å². The van der Waals surface area contributed by atoms with E-state index in [2.05, 4.69) is 380 Å². The van der Waals surface area contributed by atoms with Crippen molar-refractivity contribution in [3.8, 4) is 33.4 Å². The van der Waals surface area contributed by atoms with Crippen LogP contribution in [-0.4, -0.2) is 0 Å².